The standard InChI is InChI=1S/C40H58O5/c1-25-14-18-36(5)22-23-39(8)38(7)20-15-30-35(3,4)32(45-33(42)13-11-27-10-12-28(41)29(24-27)44-9)17-19-37(30,6)31(38)16-21-40(39,43)34(36)26(25)2/h10-13,16,21,24-26,30-32,34,41,43H,14-15,17-20,22-23H2,1-9H3/b13-11+/t25-,26+,30-,31-,32+,34+,36-,37+,38-,39+,40+/m1/s1. The molecule has 45 heavy (non-hydrogen) atoms. The van der Waals surface area contributed by atoms with Gasteiger partial charge < -0.3 is 19.7 Å². The Morgan fingerprint density at radius 1 is 0.956 bits per heavy atom. The summed E-state index contributed by atoms with van der Waals surface area (Å²) in [5, 5.41) is 22.9. The molecule has 0 aliphatic heterocycles. The fourth-order valence-electron chi connectivity index (χ4n) is 12.4. The van der Waals surface area contributed by atoms with Gasteiger partial charge in [0.1, 0.15) is 6.10 Å². The summed E-state index contributed by atoms with van der Waals surface area (Å²) < 4.78 is 11.4. The molecule has 4 saturated carbocycles. The molecule has 0 radical (unpaired) electrons. The summed E-state index contributed by atoms with van der Waals surface area (Å²) in [6, 6.07) is 5.02. The van der Waals surface area contributed by atoms with Crippen molar-refractivity contribution in [3.63, 3.8) is 0 Å². The SMILES string of the molecule is COc1cc(/C=C/C(=O)O[C@H]2CC[C@@]3(C)[C@H](CC[C@]4(C)[C@@H]3C=C[C@]3(O)[C@H]5[C@@H](C)[C@H](C)CC[C@]5(C)CC[C@]34C)C2(C)C)ccc1O. The van der Waals surface area contributed by atoms with Crippen molar-refractivity contribution in [2.75, 3.05) is 7.11 Å². The van der Waals surface area contributed by atoms with Gasteiger partial charge in [0.15, 0.2) is 11.5 Å². The summed E-state index contributed by atoms with van der Waals surface area (Å²) in [5.41, 5.74) is -0.137. The van der Waals surface area contributed by atoms with Gasteiger partial charge >= 0.3 is 5.97 Å². The number of phenolic OH excluding ortho intramolecular Hbond substituents is 1. The summed E-state index contributed by atoms with van der Waals surface area (Å²) in [7, 11) is 1.51. The van der Waals surface area contributed by atoms with Gasteiger partial charge in [0, 0.05) is 22.8 Å². The Labute approximate surface area is 271 Å². The lowest BCUT2D eigenvalue weighted by atomic mass is 9.31. The lowest BCUT2D eigenvalue weighted by Crippen LogP contribution is -2.72. The third kappa shape index (κ3) is 4.52. The van der Waals surface area contributed by atoms with Crippen LogP contribution in [0.4, 0.5) is 0 Å². The molecule has 0 bridgehead atoms. The van der Waals surface area contributed by atoms with E-state index in [9.17, 15) is 15.0 Å². The van der Waals surface area contributed by atoms with Gasteiger partial charge in [-0.05, 0) is 115 Å². The molecule has 0 amide bonds. The molecule has 248 valence electrons. The van der Waals surface area contributed by atoms with E-state index in [0.717, 1.165) is 37.7 Å². The molecule has 1 aromatic rings. The van der Waals surface area contributed by atoms with Crippen LogP contribution < -0.4 is 4.74 Å². The Bertz CT molecular complexity index is 1390. The van der Waals surface area contributed by atoms with Gasteiger partial charge in [-0.3, -0.25) is 0 Å². The predicted octanol–water partition coefficient (Wildman–Crippen LogP) is 8.97. The molecule has 5 aliphatic rings. The topological polar surface area (TPSA) is 76.0 Å². The molecule has 0 saturated heterocycles. The first kappa shape index (κ1) is 32.7. The fraction of sp³-hybridized carbons (Fsp3) is 0.725. The Morgan fingerprint density at radius 3 is 2.40 bits per heavy atom. The third-order valence-corrected chi connectivity index (χ3v) is 15.4. The Kier molecular flexibility index (Phi) is 7.71. The van der Waals surface area contributed by atoms with Gasteiger partial charge in [-0.15, -0.1) is 0 Å². The average molecular weight is 619 g/mol. The molecule has 1 aromatic carbocycles. The van der Waals surface area contributed by atoms with Gasteiger partial charge in [-0.25, -0.2) is 4.79 Å². The van der Waals surface area contributed by atoms with Gasteiger partial charge in [-0.2, -0.15) is 0 Å². The minimum absolute atomic E-state index is 0.00299. The summed E-state index contributed by atoms with van der Waals surface area (Å²) in [6.07, 6.45) is 16.6. The monoisotopic (exact) mass is 618 g/mol. The lowest BCUT2D eigenvalue weighted by Gasteiger charge is -2.74. The average Bonchev–Trinajstić information content (AvgIpc) is 2.97. The van der Waals surface area contributed by atoms with E-state index >= 15 is 0 Å². The number of hydrogen-bond donors (Lipinski definition) is 2. The number of aromatic hydroxyl groups is 1. The Hall–Kier alpha value is -2.27. The quantitative estimate of drug-likeness (QED) is 0.200. The predicted molar refractivity (Wildman–Crippen MR) is 180 cm³/mol. The first-order chi connectivity index (χ1) is 21.0. The molecule has 5 nitrogen and oxygen atoms in total. The maximum absolute atomic E-state index is 13.1. The largest absolute Gasteiger partial charge is 0.504 e. The van der Waals surface area contributed by atoms with Crippen LogP contribution in [-0.4, -0.2) is 35.0 Å². The molecule has 4 fully saturated rings. The van der Waals surface area contributed by atoms with E-state index < -0.39 is 5.60 Å². The van der Waals surface area contributed by atoms with Crippen LogP contribution in [0.2, 0.25) is 0 Å². The second kappa shape index (κ2) is 10.6. The van der Waals surface area contributed by atoms with Crippen molar-refractivity contribution in [1.82, 2.24) is 0 Å². The number of benzene rings is 1. The number of phenols is 1. The summed E-state index contributed by atoms with van der Waals surface area (Å²) >= 11 is 0. The van der Waals surface area contributed by atoms with E-state index in [1.165, 1.54) is 32.4 Å². The van der Waals surface area contributed by atoms with Crippen LogP contribution in [0, 0.1) is 56.7 Å². The number of ether oxygens (including phenoxy) is 2. The number of carbonyl (C=O) groups is 1. The summed E-state index contributed by atoms with van der Waals surface area (Å²) in [6.45, 7) is 19.4. The molecule has 0 heterocycles. The molecular weight excluding hydrogens is 560 g/mol. The van der Waals surface area contributed by atoms with Crippen molar-refractivity contribution in [2.24, 2.45) is 56.7 Å². The highest BCUT2D eigenvalue weighted by atomic mass is 16.5. The highest BCUT2D eigenvalue weighted by Gasteiger charge is 2.73. The second-order valence-electron chi connectivity index (χ2n) is 17.6. The Balaban J connectivity index is 1.26. The number of allylic oxidation sites excluding steroid dienone is 1. The number of methoxy groups -OCH3 is 1. The van der Waals surface area contributed by atoms with Crippen molar-refractivity contribution in [1.29, 1.82) is 0 Å². The molecule has 0 unspecified atom stereocenters. The van der Waals surface area contributed by atoms with Crippen LogP contribution in [0.25, 0.3) is 6.08 Å². The molecule has 0 aromatic heterocycles. The second-order valence-corrected chi connectivity index (χ2v) is 17.6. The number of hydrogen-bond acceptors (Lipinski definition) is 5. The number of rotatable bonds is 4. The van der Waals surface area contributed by atoms with Crippen molar-refractivity contribution >= 4 is 12.0 Å². The zero-order valence-corrected chi connectivity index (χ0v) is 29.3. The lowest BCUT2D eigenvalue weighted by molar-refractivity contribution is -0.275. The molecular formula is C40H58O5. The highest BCUT2D eigenvalue weighted by Crippen LogP contribution is 2.76. The third-order valence-electron chi connectivity index (χ3n) is 15.4. The first-order valence-electron chi connectivity index (χ1n) is 17.6. The van der Waals surface area contributed by atoms with E-state index in [1.54, 1.807) is 24.3 Å². The van der Waals surface area contributed by atoms with E-state index in [1.807, 2.05) is 0 Å². The van der Waals surface area contributed by atoms with Crippen molar-refractivity contribution < 1.29 is 24.5 Å². The normalized spacial score (nSPS) is 46.8. The fourth-order valence-corrected chi connectivity index (χ4v) is 12.4. The number of aliphatic hydroxyl groups is 1. The zero-order chi connectivity index (χ0) is 32.8. The van der Waals surface area contributed by atoms with Crippen LogP contribution in [0.3, 0.4) is 0 Å². The molecule has 5 aliphatic carbocycles. The van der Waals surface area contributed by atoms with Crippen molar-refractivity contribution in [2.45, 2.75) is 118 Å². The smallest absolute Gasteiger partial charge is 0.331 e. The van der Waals surface area contributed by atoms with E-state index in [0.29, 0.717) is 29.4 Å². The molecule has 6 rings (SSSR count). The van der Waals surface area contributed by atoms with Gasteiger partial charge in [0.2, 0.25) is 0 Å². The molecule has 2 N–H and O–H groups in total. The number of fused-ring (bicyclic) bond motifs is 7. The van der Waals surface area contributed by atoms with Crippen LogP contribution in [0.1, 0.15) is 112 Å². The maximum Gasteiger partial charge on any atom is 0.331 e. The van der Waals surface area contributed by atoms with Crippen LogP contribution in [0.5, 0.6) is 11.5 Å². The van der Waals surface area contributed by atoms with Crippen molar-refractivity contribution in [3.05, 3.63) is 42.0 Å². The van der Waals surface area contributed by atoms with Crippen LogP contribution in [0.15, 0.2) is 36.4 Å². The maximum atomic E-state index is 13.1. The number of esters is 1. The number of carbonyl (C=O) groups excluding carboxylic acids is 1. The highest BCUT2D eigenvalue weighted by molar-refractivity contribution is 5.87. The first-order valence-corrected chi connectivity index (χ1v) is 17.6. The summed E-state index contributed by atoms with van der Waals surface area (Å²) in [5.74, 6) is 2.31. The van der Waals surface area contributed by atoms with E-state index in [2.05, 4.69) is 67.5 Å². The van der Waals surface area contributed by atoms with E-state index in [4.69, 9.17) is 9.47 Å². The minimum atomic E-state index is -0.793. The Morgan fingerprint density at radius 2 is 1.69 bits per heavy atom. The van der Waals surface area contributed by atoms with Crippen LogP contribution >= 0.6 is 0 Å². The van der Waals surface area contributed by atoms with E-state index in [-0.39, 0.29) is 50.8 Å². The molecule has 11 atom stereocenters. The van der Waals surface area contributed by atoms with Gasteiger partial charge in [0.25, 0.3) is 0 Å². The van der Waals surface area contributed by atoms with Crippen molar-refractivity contribution in [3.8, 4) is 11.5 Å². The van der Waals surface area contributed by atoms with Gasteiger partial charge in [-0.1, -0.05) is 73.6 Å². The van der Waals surface area contributed by atoms with Gasteiger partial charge in [0.05, 0.1) is 12.7 Å². The minimum Gasteiger partial charge on any atom is -0.504 e. The summed E-state index contributed by atoms with van der Waals surface area (Å²) in [4.78, 5) is 13.1. The molecule has 0 spiro atoms. The van der Waals surface area contributed by atoms with Crippen LogP contribution in [-0.2, 0) is 9.53 Å². The zero-order valence-electron chi connectivity index (χ0n) is 29.3. The molecule has 5 heteroatoms.